The number of nitrogen functional groups attached to an aromatic ring is 1. The van der Waals surface area contributed by atoms with Gasteiger partial charge in [0.05, 0.1) is 24.6 Å². The van der Waals surface area contributed by atoms with Gasteiger partial charge in [-0.15, -0.1) is 0 Å². The normalized spacial score (nSPS) is 10.8. The summed E-state index contributed by atoms with van der Waals surface area (Å²) in [5, 5.41) is 4.39. The molecule has 6 nitrogen and oxygen atoms in total. The van der Waals surface area contributed by atoms with Gasteiger partial charge in [-0.3, -0.25) is 9.48 Å². The van der Waals surface area contributed by atoms with Gasteiger partial charge in [0.15, 0.2) is 0 Å². The lowest BCUT2D eigenvalue weighted by Gasteiger charge is -2.12. The highest BCUT2D eigenvalue weighted by atomic mass is 16.3. The number of benzene rings is 2. The molecular formula is C21H18N4O2. The molecule has 0 fully saturated rings. The SMILES string of the molecule is NC(=O)c1ccc(Cn2cc(-c3ccco3)cn2)cc1-c1ccccc1N. The van der Waals surface area contributed by atoms with Gasteiger partial charge in [-0.1, -0.05) is 24.3 Å². The Morgan fingerprint density at radius 1 is 1.07 bits per heavy atom. The summed E-state index contributed by atoms with van der Waals surface area (Å²) in [5.41, 5.74) is 16.1. The molecule has 0 saturated carbocycles. The maximum atomic E-state index is 11.9. The number of furan rings is 1. The first-order chi connectivity index (χ1) is 13.1. The molecule has 0 bridgehead atoms. The number of carbonyl (C=O) groups excluding carboxylic acids is 1. The highest BCUT2D eigenvalue weighted by Gasteiger charge is 2.13. The number of nitrogens with two attached hydrogens (primary N) is 2. The number of hydrogen-bond donors (Lipinski definition) is 2. The van der Waals surface area contributed by atoms with Crippen molar-refractivity contribution in [2.24, 2.45) is 5.73 Å². The maximum absolute atomic E-state index is 11.9. The van der Waals surface area contributed by atoms with E-state index in [2.05, 4.69) is 5.10 Å². The molecule has 134 valence electrons. The molecule has 0 saturated heterocycles. The molecule has 27 heavy (non-hydrogen) atoms. The smallest absolute Gasteiger partial charge is 0.249 e. The van der Waals surface area contributed by atoms with Crippen molar-refractivity contribution in [3.8, 4) is 22.5 Å². The second-order valence-electron chi connectivity index (χ2n) is 6.24. The highest BCUT2D eigenvalue weighted by Crippen LogP contribution is 2.30. The summed E-state index contributed by atoms with van der Waals surface area (Å²) >= 11 is 0. The van der Waals surface area contributed by atoms with Gasteiger partial charge in [0.2, 0.25) is 5.91 Å². The average Bonchev–Trinajstić information content (AvgIpc) is 3.33. The average molecular weight is 358 g/mol. The molecule has 4 rings (SSSR count). The van der Waals surface area contributed by atoms with Crippen molar-refractivity contribution in [1.82, 2.24) is 9.78 Å². The molecule has 0 aliphatic heterocycles. The van der Waals surface area contributed by atoms with Crippen LogP contribution in [0.1, 0.15) is 15.9 Å². The third kappa shape index (κ3) is 3.32. The Bertz CT molecular complexity index is 1100. The number of amides is 1. The number of carbonyl (C=O) groups is 1. The topological polar surface area (TPSA) is 100 Å². The minimum atomic E-state index is -0.487. The van der Waals surface area contributed by atoms with Gasteiger partial charge in [0.25, 0.3) is 0 Å². The second-order valence-corrected chi connectivity index (χ2v) is 6.24. The van der Waals surface area contributed by atoms with Crippen molar-refractivity contribution in [2.75, 3.05) is 5.73 Å². The van der Waals surface area contributed by atoms with Crippen molar-refractivity contribution in [1.29, 1.82) is 0 Å². The third-order valence-corrected chi connectivity index (χ3v) is 4.38. The number of nitrogens with zero attached hydrogens (tertiary/aromatic N) is 2. The summed E-state index contributed by atoms with van der Waals surface area (Å²) < 4.78 is 7.21. The van der Waals surface area contributed by atoms with E-state index in [0.717, 1.165) is 28.0 Å². The molecule has 6 heteroatoms. The maximum Gasteiger partial charge on any atom is 0.249 e. The van der Waals surface area contributed by atoms with Crippen LogP contribution in [0.15, 0.2) is 77.7 Å². The van der Waals surface area contributed by atoms with Crippen molar-refractivity contribution in [3.63, 3.8) is 0 Å². The molecular weight excluding hydrogens is 340 g/mol. The Balaban J connectivity index is 1.69. The summed E-state index contributed by atoms with van der Waals surface area (Å²) in [6.45, 7) is 0.541. The number of primary amides is 1. The molecule has 0 radical (unpaired) electrons. The Hall–Kier alpha value is -3.80. The summed E-state index contributed by atoms with van der Waals surface area (Å²) in [4.78, 5) is 11.9. The van der Waals surface area contributed by atoms with Gasteiger partial charge in [-0.25, -0.2) is 0 Å². The zero-order valence-electron chi connectivity index (χ0n) is 14.5. The Morgan fingerprint density at radius 2 is 1.93 bits per heavy atom. The molecule has 2 aromatic carbocycles. The summed E-state index contributed by atoms with van der Waals surface area (Å²) in [5.74, 6) is 0.280. The Labute approximate surface area is 156 Å². The fourth-order valence-electron chi connectivity index (χ4n) is 3.08. The predicted molar refractivity (Wildman–Crippen MR) is 104 cm³/mol. The van der Waals surface area contributed by atoms with Crippen LogP contribution < -0.4 is 11.5 Å². The molecule has 2 heterocycles. The third-order valence-electron chi connectivity index (χ3n) is 4.38. The van der Waals surface area contributed by atoms with Gasteiger partial charge in [-0.05, 0) is 41.5 Å². The van der Waals surface area contributed by atoms with Crippen molar-refractivity contribution in [3.05, 3.63) is 84.4 Å². The van der Waals surface area contributed by atoms with E-state index in [9.17, 15) is 4.79 Å². The highest BCUT2D eigenvalue weighted by molar-refractivity contribution is 6.01. The number of hydrogen-bond acceptors (Lipinski definition) is 4. The first-order valence-corrected chi connectivity index (χ1v) is 8.46. The van der Waals surface area contributed by atoms with Crippen LogP contribution in [-0.4, -0.2) is 15.7 Å². The van der Waals surface area contributed by atoms with Crippen LogP contribution in [0.2, 0.25) is 0 Å². The zero-order chi connectivity index (χ0) is 18.8. The Morgan fingerprint density at radius 3 is 2.67 bits per heavy atom. The molecule has 4 aromatic rings. The van der Waals surface area contributed by atoms with E-state index in [4.69, 9.17) is 15.9 Å². The van der Waals surface area contributed by atoms with Gasteiger partial charge in [0, 0.05) is 23.0 Å². The van der Waals surface area contributed by atoms with Crippen LogP contribution in [0.4, 0.5) is 5.69 Å². The van der Waals surface area contributed by atoms with E-state index in [-0.39, 0.29) is 0 Å². The summed E-state index contributed by atoms with van der Waals surface area (Å²) in [7, 11) is 0. The first-order valence-electron chi connectivity index (χ1n) is 8.46. The van der Waals surface area contributed by atoms with E-state index in [0.29, 0.717) is 17.8 Å². The largest absolute Gasteiger partial charge is 0.464 e. The molecule has 0 spiro atoms. The lowest BCUT2D eigenvalue weighted by Crippen LogP contribution is -2.13. The molecule has 0 atom stereocenters. The molecule has 4 N–H and O–H groups in total. The van der Waals surface area contributed by atoms with Gasteiger partial charge < -0.3 is 15.9 Å². The standard InChI is InChI=1S/C21H18N4O2/c22-19-5-2-1-4-16(19)18-10-14(7-8-17(18)21(23)26)12-25-13-15(11-24-25)20-6-3-9-27-20/h1-11,13H,12,22H2,(H2,23,26). The van der Waals surface area contributed by atoms with Crippen LogP contribution in [-0.2, 0) is 6.54 Å². The summed E-state index contributed by atoms with van der Waals surface area (Å²) in [6, 6.07) is 16.7. The summed E-state index contributed by atoms with van der Waals surface area (Å²) in [6.07, 6.45) is 5.30. The Kier molecular flexibility index (Phi) is 4.22. The quantitative estimate of drug-likeness (QED) is 0.533. The van der Waals surface area contributed by atoms with Crippen molar-refractivity contribution in [2.45, 2.75) is 6.54 Å². The van der Waals surface area contributed by atoms with Gasteiger partial charge >= 0.3 is 0 Å². The van der Waals surface area contributed by atoms with Crippen LogP contribution in [0.3, 0.4) is 0 Å². The lowest BCUT2D eigenvalue weighted by atomic mass is 9.95. The van der Waals surface area contributed by atoms with E-state index in [1.54, 1.807) is 24.6 Å². The zero-order valence-corrected chi connectivity index (χ0v) is 14.5. The van der Waals surface area contributed by atoms with E-state index < -0.39 is 5.91 Å². The van der Waals surface area contributed by atoms with E-state index >= 15 is 0 Å². The second kappa shape index (κ2) is 6.84. The van der Waals surface area contributed by atoms with Crippen LogP contribution in [0.5, 0.6) is 0 Å². The fraction of sp³-hybridized carbons (Fsp3) is 0.0476. The minimum Gasteiger partial charge on any atom is -0.464 e. The monoisotopic (exact) mass is 358 g/mol. The minimum absolute atomic E-state index is 0.438. The van der Waals surface area contributed by atoms with Gasteiger partial charge in [0.1, 0.15) is 5.76 Å². The van der Waals surface area contributed by atoms with E-state index in [1.807, 2.05) is 53.3 Å². The van der Waals surface area contributed by atoms with Crippen LogP contribution >= 0.6 is 0 Å². The fourth-order valence-corrected chi connectivity index (χ4v) is 3.08. The lowest BCUT2D eigenvalue weighted by molar-refractivity contribution is 0.100. The van der Waals surface area contributed by atoms with Crippen molar-refractivity contribution < 1.29 is 9.21 Å². The van der Waals surface area contributed by atoms with Crippen molar-refractivity contribution >= 4 is 11.6 Å². The van der Waals surface area contributed by atoms with Crippen LogP contribution in [0, 0.1) is 0 Å². The molecule has 2 aromatic heterocycles. The first kappa shape index (κ1) is 16.7. The number of anilines is 1. The molecule has 0 unspecified atom stereocenters. The van der Waals surface area contributed by atoms with Gasteiger partial charge in [-0.2, -0.15) is 5.10 Å². The molecule has 0 aliphatic rings. The van der Waals surface area contributed by atoms with E-state index in [1.165, 1.54) is 0 Å². The predicted octanol–water partition coefficient (Wildman–Crippen LogP) is 3.54. The number of para-hydroxylation sites is 1. The molecule has 1 amide bonds. The molecule has 0 aliphatic carbocycles. The van der Waals surface area contributed by atoms with Crippen LogP contribution in [0.25, 0.3) is 22.5 Å². The number of aromatic nitrogens is 2. The number of rotatable bonds is 5.